The Morgan fingerprint density at radius 1 is 0.650 bits per heavy atom. The summed E-state index contributed by atoms with van der Waals surface area (Å²) >= 11 is 1.72. The summed E-state index contributed by atoms with van der Waals surface area (Å²) in [5, 5.41) is 6.81. The molecular formula is C35H24N4S. The Balaban J connectivity index is 1.45. The lowest BCUT2D eigenvalue weighted by molar-refractivity contribution is 0.959. The van der Waals surface area contributed by atoms with Crippen LogP contribution >= 0.6 is 11.3 Å². The van der Waals surface area contributed by atoms with Crippen LogP contribution in [-0.2, 0) is 7.05 Å². The highest BCUT2D eigenvalue weighted by Gasteiger charge is 2.19. The highest BCUT2D eigenvalue weighted by atomic mass is 32.1. The Labute approximate surface area is 235 Å². The third-order valence-corrected chi connectivity index (χ3v) is 8.43. The summed E-state index contributed by atoms with van der Waals surface area (Å²) in [5.41, 5.74) is 11.1. The normalized spacial score (nSPS) is 11.6. The van der Waals surface area contributed by atoms with Gasteiger partial charge in [0.1, 0.15) is 5.82 Å². The van der Waals surface area contributed by atoms with Crippen LogP contribution in [0.1, 0.15) is 0 Å². The maximum atomic E-state index is 5.00. The van der Waals surface area contributed by atoms with Gasteiger partial charge in [-0.3, -0.25) is 4.98 Å². The van der Waals surface area contributed by atoms with Crippen LogP contribution in [0.2, 0.25) is 0 Å². The van der Waals surface area contributed by atoms with Crippen molar-refractivity contribution in [3.8, 4) is 39.5 Å². The molecule has 5 heteroatoms. The molecule has 4 heterocycles. The third kappa shape index (κ3) is 3.52. The SMILES string of the molecule is Cn1c(-c2ccc3c4ccccc4n(-c4cc(-c5ccccn5)ccc4-c4ccsc4)c3c2)nc2ccccc21. The highest BCUT2D eigenvalue weighted by Crippen LogP contribution is 2.39. The van der Waals surface area contributed by atoms with Gasteiger partial charge in [0, 0.05) is 40.7 Å². The number of aromatic nitrogens is 4. The van der Waals surface area contributed by atoms with Gasteiger partial charge in [0.05, 0.1) is 33.4 Å². The molecule has 0 saturated heterocycles. The Bertz CT molecular complexity index is 2170. The van der Waals surface area contributed by atoms with E-state index in [1.165, 1.54) is 27.4 Å². The molecule has 0 aliphatic carbocycles. The summed E-state index contributed by atoms with van der Waals surface area (Å²) in [6, 6.07) is 38.7. The third-order valence-electron chi connectivity index (χ3n) is 7.75. The molecule has 4 nitrogen and oxygen atoms in total. The molecule has 0 N–H and O–H groups in total. The lowest BCUT2D eigenvalue weighted by atomic mass is 10.0. The van der Waals surface area contributed by atoms with E-state index < -0.39 is 0 Å². The molecule has 40 heavy (non-hydrogen) atoms. The summed E-state index contributed by atoms with van der Waals surface area (Å²) in [4.78, 5) is 9.66. The van der Waals surface area contributed by atoms with E-state index >= 15 is 0 Å². The Hall–Kier alpha value is -5.00. The second kappa shape index (κ2) is 9.04. The quantitative estimate of drug-likeness (QED) is 0.227. The van der Waals surface area contributed by atoms with Crippen molar-refractivity contribution in [2.45, 2.75) is 0 Å². The summed E-state index contributed by atoms with van der Waals surface area (Å²) < 4.78 is 4.60. The second-order valence-electron chi connectivity index (χ2n) is 10.0. The van der Waals surface area contributed by atoms with Crippen LogP contribution in [0.5, 0.6) is 0 Å². The number of hydrogen-bond donors (Lipinski definition) is 0. The van der Waals surface area contributed by atoms with Gasteiger partial charge < -0.3 is 9.13 Å². The zero-order valence-corrected chi connectivity index (χ0v) is 22.6. The van der Waals surface area contributed by atoms with Crippen molar-refractivity contribution in [3.05, 3.63) is 126 Å². The van der Waals surface area contributed by atoms with Gasteiger partial charge in [-0.15, -0.1) is 0 Å². The highest BCUT2D eigenvalue weighted by molar-refractivity contribution is 7.08. The van der Waals surface area contributed by atoms with Crippen LogP contribution in [0, 0.1) is 0 Å². The topological polar surface area (TPSA) is 35.6 Å². The molecule has 0 bridgehead atoms. The number of pyridine rings is 1. The fourth-order valence-corrected chi connectivity index (χ4v) is 6.50. The van der Waals surface area contributed by atoms with Crippen molar-refractivity contribution < 1.29 is 0 Å². The monoisotopic (exact) mass is 532 g/mol. The van der Waals surface area contributed by atoms with Crippen LogP contribution in [0.25, 0.3) is 72.3 Å². The molecule has 0 aliphatic heterocycles. The molecule has 8 aromatic rings. The minimum Gasteiger partial charge on any atom is -0.327 e. The number of thiophene rings is 1. The fourth-order valence-electron chi connectivity index (χ4n) is 5.84. The first kappa shape index (κ1) is 22.9. The first-order valence-corrected chi connectivity index (χ1v) is 14.2. The molecule has 190 valence electrons. The summed E-state index contributed by atoms with van der Waals surface area (Å²) in [6.45, 7) is 0. The molecule has 0 aliphatic rings. The Morgan fingerprint density at radius 3 is 2.27 bits per heavy atom. The van der Waals surface area contributed by atoms with Crippen LogP contribution < -0.4 is 0 Å². The van der Waals surface area contributed by atoms with Gasteiger partial charge in [0.2, 0.25) is 0 Å². The molecule has 0 amide bonds. The smallest absolute Gasteiger partial charge is 0.140 e. The van der Waals surface area contributed by atoms with Gasteiger partial charge >= 0.3 is 0 Å². The molecule has 0 spiro atoms. The zero-order chi connectivity index (χ0) is 26.6. The van der Waals surface area contributed by atoms with E-state index in [1.54, 1.807) is 11.3 Å². The largest absolute Gasteiger partial charge is 0.327 e. The average molecular weight is 533 g/mol. The van der Waals surface area contributed by atoms with Gasteiger partial charge in [0.25, 0.3) is 0 Å². The number of benzene rings is 4. The van der Waals surface area contributed by atoms with Crippen molar-refractivity contribution in [2.75, 3.05) is 0 Å². The average Bonchev–Trinajstić information content (AvgIpc) is 3.74. The van der Waals surface area contributed by atoms with E-state index in [9.17, 15) is 0 Å². The molecule has 4 aromatic carbocycles. The van der Waals surface area contributed by atoms with E-state index in [1.807, 2.05) is 24.4 Å². The molecular weight excluding hydrogens is 508 g/mol. The van der Waals surface area contributed by atoms with Gasteiger partial charge in [0.15, 0.2) is 0 Å². The Morgan fingerprint density at radius 2 is 1.45 bits per heavy atom. The predicted molar refractivity (Wildman–Crippen MR) is 167 cm³/mol. The molecule has 0 saturated carbocycles. The summed E-state index contributed by atoms with van der Waals surface area (Å²) in [7, 11) is 2.09. The van der Waals surface area contributed by atoms with Gasteiger partial charge in [-0.2, -0.15) is 11.3 Å². The molecule has 8 rings (SSSR count). The number of hydrogen-bond acceptors (Lipinski definition) is 3. The van der Waals surface area contributed by atoms with E-state index in [-0.39, 0.29) is 0 Å². The maximum Gasteiger partial charge on any atom is 0.140 e. The fraction of sp³-hybridized carbons (Fsp3) is 0.0286. The minimum atomic E-state index is 0.959. The molecule has 0 unspecified atom stereocenters. The lowest BCUT2D eigenvalue weighted by Crippen LogP contribution is -1.99. The van der Waals surface area contributed by atoms with Gasteiger partial charge in [-0.25, -0.2) is 4.98 Å². The van der Waals surface area contributed by atoms with E-state index in [2.05, 4.69) is 123 Å². The molecule has 0 radical (unpaired) electrons. The van der Waals surface area contributed by atoms with Gasteiger partial charge in [-0.1, -0.05) is 60.7 Å². The molecule has 0 fully saturated rings. The molecule has 4 aromatic heterocycles. The standard InChI is InChI=1S/C35H24N4S/c1-38-32-12-5-3-10-30(32)37-35(38)24-14-16-28-27-8-2-4-11-31(27)39(34(28)21-24)33-20-23(29-9-6-7-18-36-29)13-15-26(33)25-17-19-40-22-25/h2-22H,1H3. The first-order chi connectivity index (χ1) is 19.8. The molecule has 0 atom stereocenters. The Kier molecular flexibility index (Phi) is 5.18. The van der Waals surface area contributed by atoms with Crippen LogP contribution in [0.15, 0.2) is 126 Å². The van der Waals surface area contributed by atoms with E-state index in [0.29, 0.717) is 0 Å². The lowest BCUT2D eigenvalue weighted by Gasteiger charge is -2.15. The number of imidazole rings is 1. The van der Waals surface area contributed by atoms with Crippen molar-refractivity contribution in [1.29, 1.82) is 0 Å². The number of para-hydroxylation sites is 3. The van der Waals surface area contributed by atoms with Crippen molar-refractivity contribution >= 4 is 44.2 Å². The van der Waals surface area contributed by atoms with Crippen LogP contribution in [-0.4, -0.2) is 19.1 Å². The number of nitrogens with zero attached hydrogens (tertiary/aromatic N) is 4. The maximum absolute atomic E-state index is 5.00. The number of rotatable bonds is 4. The van der Waals surface area contributed by atoms with Crippen molar-refractivity contribution in [3.63, 3.8) is 0 Å². The van der Waals surface area contributed by atoms with Crippen molar-refractivity contribution in [2.24, 2.45) is 7.05 Å². The zero-order valence-electron chi connectivity index (χ0n) is 21.8. The number of fused-ring (bicyclic) bond motifs is 4. The van der Waals surface area contributed by atoms with E-state index in [0.717, 1.165) is 44.9 Å². The van der Waals surface area contributed by atoms with E-state index in [4.69, 9.17) is 4.98 Å². The van der Waals surface area contributed by atoms with Crippen molar-refractivity contribution in [1.82, 2.24) is 19.1 Å². The number of aryl methyl sites for hydroxylation is 1. The summed E-state index contributed by atoms with van der Waals surface area (Å²) in [5.74, 6) is 0.959. The van der Waals surface area contributed by atoms with Crippen LogP contribution in [0.3, 0.4) is 0 Å². The first-order valence-electron chi connectivity index (χ1n) is 13.3. The summed E-state index contributed by atoms with van der Waals surface area (Å²) in [6.07, 6.45) is 1.85. The van der Waals surface area contributed by atoms with Crippen LogP contribution in [0.4, 0.5) is 0 Å². The second-order valence-corrected chi connectivity index (χ2v) is 10.8. The van der Waals surface area contributed by atoms with Gasteiger partial charge in [-0.05, 0) is 64.9 Å². The predicted octanol–water partition coefficient (Wildman–Crippen LogP) is 9.13. The minimum absolute atomic E-state index is 0.959.